The lowest BCUT2D eigenvalue weighted by molar-refractivity contribution is 0.0930. The molecule has 0 radical (unpaired) electrons. The molecular weight excluding hydrogens is 302 g/mol. The molecule has 0 unspecified atom stereocenters. The molecule has 5 heteroatoms. The van der Waals surface area contributed by atoms with Crippen molar-refractivity contribution in [3.8, 4) is 5.75 Å². The van der Waals surface area contributed by atoms with Crippen molar-refractivity contribution in [2.45, 2.75) is 18.9 Å². The lowest BCUT2D eigenvalue weighted by Gasteiger charge is -2.18. The second-order valence-corrected chi connectivity index (χ2v) is 5.82. The van der Waals surface area contributed by atoms with E-state index in [1.165, 1.54) is 0 Å². The number of rotatable bonds is 2. The fraction of sp³-hybridized carbons (Fsp3) is 0.211. The highest BCUT2D eigenvalue weighted by atomic mass is 16.5. The van der Waals surface area contributed by atoms with E-state index in [4.69, 9.17) is 4.74 Å². The van der Waals surface area contributed by atoms with Crippen LogP contribution in [0.1, 0.15) is 34.9 Å². The smallest absolute Gasteiger partial charge is 0.270 e. The summed E-state index contributed by atoms with van der Waals surface area (Å²) >= 11 is 0. The van der Waals surface area contributed by atoms with E-state index in [2.05, 4.69) is 15.3 Å². The maximum Gasteiger partial charge on any atom is 0.270 e. The van der Waals surface area contributed by atoms with Crippen molar-refractivity contribution in [3.05, 3.63) is 66.1 Å². The molecule has 0 aliphatic carbocycles. The third-order valence-corrected chi connectivity index (χ3v) is 4.22. The van der Waals surface area contributed by atoms with Crippen LogP contribution in [0.5, 0.6) is 5.75 Å². The first-order chi connectivity index (χ1) is 11.8. The first-order valence-electron chi connectivity index (χ1n) is 8.04. The van der Waals surface area contributed by atoms with Crippen LogP contribution in [-0.4, -0.2) is 22.5 Å². The maximum absolute atomic E-state index is 12.6. The number of pyridine rings is 2. The molecule has 24 heavy (non-hydrogen) atoms. The first-order valence-corrected chi connectivity index (χ1v) is 8.04. The van der Waals surface area contributed by atoms with E-state index in [0.717, 1.165) is 35.1 Å². The topological polar surface area (TPSA) is 64.1 Å². The zero-order valence-corrected chi connectivity index (χ0v) is 13.1. The molecule has 0 fully saturated rings. The Balaban J connectivity index is 1.61. The van der Waals surface area contributed by atoms with E-state index in [1.807, 2.05) is 30.3 Å². The van der Waals surface area contributed by atoms with Gasteiger partial charge in [-0.25, -0.2) is 4.98 Å². The fourth-order valence-corrected chi connectivity index (χ4v) is 3.00. The standard InChI is InChI=1S/C19H17N3O2/c23-19(17-8-7-13-12-20-10-9-15(13)21-17)22-16-5-3-11-24-18-6-2-1-4-14(16)18/h1-2,4,6-10,12,16H,3,5,11H2,(H,22,23)/t16-/m1/s1. The molecule has 4 rings (SSSR count). The molecule has 3 aromatic rings. The average molecular weight is 319 g/mol. The van der Waals surface area contributed by atoms with Gasteiger partial charge in [-0.05, 0) is 37.1 Å². The predicted octanol–water partition coefficient (Wildman–Crippen LogP) is 3.27. The van der Waals surface area contributed by atoms with Crippen molar-refractivity contribution in [1.29, 1.82) is 0 Å². The lowest BCUT2D eigenvalue weighted by Crippen LogP contribution is -2.29. The first kappa shape index (κ1) is 14.6. The normalized spacial score (nSPS) is 16.8. The van der Waals surface area contributed by atoms with Gasteiger partial charge in [-0.1, -0.05) is 18.2 Å². The minimum atomic E-state index is -0.171. The molecule has 3 heterocycles. The molecule has 1 N–H and O–H groups in total. The number of hydrogen-bond acceptors (Lipinski definition) is 4. The molecule has 1 aliphatic rings. The summed E-state index contributed by atoms with van der Waals surface area (Å²) in [6, 6.07) is 13.2. The Hall–Kier alpha value is -2.95. The molecule has 1 aliphatic heterocycles. The Bertz CT molecular complexity index is 894. The Labute approximate surface area is 139 Å². The number of nitrogens with zero attached hydrogens (tertiary/aromatic N) is 2. The Kier molecular flexibility index (Phi) is 3.83. The van der Waals surface area contributed by atoms with E-state index in [1.54, 1.807) is 24.5 Å². The lowest BCUT2D eigenvalue weighted by atomic mass is 10.0. The van der Waals surface area contributed by atoms with Gasteiger partial charge in [0.05, 0.1) is 18.2 Å². The van der Waals surface area contributed by atoms with Gasteiger partial charge in [-0.15, -0.1) is 0 Å². The van der Waals surface area contributed by atoms with E-state index in [9.17, 15) is 4.79 Å². The van der Waals surface area contributed by atoms with Crippen molar-refractivity contribution in [2.24, 2.45) is 0 Å². The molecule has 0 bridgehead atoms. The number of nitrogens with one attached hydrogen (secondary N) is 1. The fourth-order valence-electron chi connectivity index (χ4n) is 3.00. The summed E-state index contributed by atoms with van der Waals surface area (Å²) in [4.78, 5) is 21.1. The van der Waals surface area contributed by atoms with Gasteiger partial charge in [-0.2, -0.15) is 0 Å². The number of aromatic nitrogens is 2. The van der Waals surface area contributed by atoms with Gasteiger partial charge >= 0.3 is 0 Å². The number of carbonyl (C=O) groups excluding carboxylic acids is 1. The minimum absolute atomic E-state index is 0.0638. The summed E-state index contributed by atoms with van der Waals surface area (Å²) in [7, 11) is 0. The third kappa shape index (κ3) is 2.80. The van der Waals surface area contributed by atoms with Crippen LogP contribution in [0.2, 0.25) is 0 Å². The number of fused-ring (bicyclic) bond motifs is 2. The Morgan fingerprint density at radius 3 is 3.04 bits per heavy atom. The van der Waals surface area contributed by atoms with Crippen molar-refractivity contribution in [2.75, 3.05) is 6.61 Å². The zero-order valence-electron chi connectivity index (χ0n) is 13.1. The van der Waals surface area contributed by atoms with Gasteiger partial charge in [-0.3, -0.25) is 9.78 Å². The summed E-state index contributed by atoms with van der Waals surface area (Å²) in [6.07, 6.45) is 5.16. The number of amides is 1. The maximum atomic E-state index is 12.6. The van der Waals surface area contributed by atoms with E-state index < -0.39 is 0 Å². The summed E-state index contributed by atoms with van der Waals surface area (Å²) in [5, 5.41) is 4.02. The van der Waals surface area contributed by atoms with Crippen LogP contribution in [0.25, 0.3) is 10.9 Å². The minimum Gasteiger partial charge on any atom is -0.493 e. The molecular formula is C19H17N3O2. The van der Waals surface area contributed by atoms with E-state index in [-0.39, 0.29) is 11.9 Å². The van der Waals surface area contributed by atoms with E-state index in [0.29, 0.717) is 12.3 Å². The third-order valence-electron chi connectivity index (χ3n) is 4.22. The number of hydrogen-bond donors (Lipinski definition) is 1. The number of para-hydroxylation sites is 1. The van der Waals surface area contributed by atoms with Gasteiger partial charge < -0.3 is 10.1 Å². The van der Waals surface area contributed by atoms with Crippen LogP contribution >= 0.6 is 0 Å². The molecule has 0 saturated heterocycles. The van der Waals surface area contributed by atoms with Crippen molar-refractivity contribution < 1.29 is 9.53 Å². The summed E-state index contributed by atoms with van der Waals surface area (Å²) in [6.45, 7) is 0.671. The highest BCUT2D eigenvalue weighted by Crippen LogP contribution is 2.31. The molecule has 0 spiro atoms. The van der Waals surface area contributed by atoms with E-state index >= 15 is 0 Å². The highest BCUT2D eigenvalue weighted by Gasteiger charge is 2.22. The largest absolute Gasteiger partial charge is 0.493 e. The van der Waals surface area contributed by atoms with Crippen LogP contribution in [0, 0.1) is 0 Å². The van der Waals surface area contributed by atoms with Gasteiger partial charge in [0.15, 0.2) is 0 Å². The van der Waals surface area contributed by atoms with Gasteiger partial charge in [0.2, 0.25) is 0 Å². The average Bonchev–Trinajstić information content (AvgIpc) is 2.84. The van der Waals surface area contributed by atoms with Crippen LogP contribution < -0.4 is 10.1 Å². The second kappa shape index (κ2) is 6.28. The number of ether oxygens (including phenoxy) is 1. The van der Waals surface area contributed by atoms with Crippen molar-refractivity contribution >= 4 is 16.8 Å². The number of benzene rings is 1. The summed E-state index contributed by atoms with van der Waals surface area (Å²) < 4.78 is 5.75. The molecule has 1 atom stereocenters. The second-order valence-electron chi connectivity index (χ2n) is 5.82. The van der Waals surface area contributed by atoms with Crippen LogP contribution in [0.3, 0.4) is 0 Å². The van der Waals surface area contributed by atoms with Crippen molar-refractivity contribution in [3.63, 3.8) is 0 Å². The van der Waals surface area contributed by atoms with Crippen LogP contribution in [0.4, 0.5) is 0 Å². The van der Waals surface area contributed by atoms with Crippen LogP contribution in [-0.2, 0) is 0 Å². The highest BCUT2D eigenvalue weighted by molar-refractivity contribution is 5.95. The van der Waals surface area contributed by atoms with Gasteiger partial charge in [0.25, 0.3) is 5.91 Å². The Morgan fingerprint density at radius 2 is 2.08 bits per heavy atom. The SMILES string of the molecule is O=C(N[C@@H]1CCCOc2ccccc21)c1ccc2cnccc2n1. The van der Waals surface area contributed by atoms with Gasteiger partial charge in [0.1, 0.15) is 11.4 Å². The van der Waals surface area contributed by atoms with Gasteiger partial charge in [0, 0.05) is 23.3 Å². The molecule has 120 valence electrons. The molecule has 5 nitrogen and oxygen atoms in total. The monoisotopic (exact) mass is 319 g/mol. The summed E-state index contributed by atoms with van der Waals surface area (Å²) in [5.41, 5.74) is 2.20. The predicted molar refractivity (Wildman–Crippen MR) is 90.9 cm³/mol. The van der Waals surface area contributed by atoms with Crippen LogP contribution in [0.15, 0.2) is 54.9 Å². The summed E-state index contributed by atoms with van der Waals surface area (Å²) in [5.74, 6) is 0.674. The molecule has 0 saturated carbocycles. The quantitative estimate of drug-likeness (QED) is 0.787. The Morgan fingerprint density at radius 1 is 1.17 bits per heavy atom. The van der Waals surface area contributed by atoms with Crippen molar-refractivity contribution in [1.82, 2.24) is 15.3 Å². The molecule has 1 aromatic carbocycles. The molecule has 2 aromatic heterocycles. The number of carbonyl (C=O) groups is 1. The zero-order chi connectivity index (χ0) is 16.4. The molecule has 1 amide bonds.